The van der Waals surface area contributed by atoms with E-state index in [4.69, 9.17) is 0 Å². The van der Waals surface area contributed by atoms with E-state index < -0.39 is 23.9 Å². The molecule has 74 valence electrons. The average molecular weight is 230 g/mol. The first-order chi connectivity index (χ1) is 5.21. The molecule has 0 amide bonds. The van der Waals surface area contributed by atoms with Crippen LogP contribution in [0.25, 0.3) is 0 Å². The molecule has 0 aromatic carbocycles. The van der Waals surface area contributed by atoms with E-state index in [1.165, 1.54) is 0 Å². The van der Waals surface area contributed by atoms with E-state index in [0.717, 1.165) is 0 Å². The highest BCUT2D eigenvalue weighted by Crippen LogP contribution is 2.33. The summed E-state index contributed by atoms with van der Waals surface area (Å²) < 4.78 is 68.2. The molecule has 0 bridgehead atoms. The lowest BCUT2D eigenvalue weighted by molar-refractivity contribution is -0.106. The number of halogens is 6. The zero-order valence-electron chi connectivity index (χ0n) is 5.50. The molecule has 12 heavy (non-hydrogen) atoms. The Morgan fingerprint density at radius 3 is 1.08 bits per heavy atom. The van der Waals surface area contributed by atoms with Crippen LogP contribution in [0.2, 0.25) is 0 Å². The van der Waals surface area contributed by atoms with Gasteiger partial charge in [-0.1, -0.05) is 21.6 Å². The summed E-state index contributed by atoms with van der Waals surface area (Å²) >= 11 is 0. The second kappa shape index (κ2) is 4.50. The van der Waals surface area contributed by atoms with Crippen LogP contribution in [0.15, 0.2) is 0 Å². The Morgan fingerprint density at radius 1 is 0.667 bits per heavy atom. The van der Waals surface area contributed by atoms with Gasteiger partial charge in [-0.25, -0.2) is 0 Å². The Bertz CT molecular complexity index is 110. The molecule has 0 rings (SSSR count). The van der Waals surface area contributed by atoms with Crippen molar-refractivity contribution in [3.05, 3.63) is 0 Å². The predicted molar refractivity (Wildman–Crippen MR) is 37.0 cm³/mol. The van der Waals surface area contributed by atoms with Crippen LogP contribution in [0.5, 0.6) is 0 Å². The van der Waals surface area contributed by atoms with Gasteiger partial charge in [0.2, 0.25) is 0 Å². The Kier molecular flexibility index (Phi) is 4.60. The van der Waals surface area contributed by atoms with Crippen molar-refractivity contribution in [2.45, 2.75) is 12.4 Å². The fourth-order valence-corrected chi connectivity index (χ4v) is 1.95. The molecule has 0 aromatic rings. The fourth-order valence-electron chi connectivity index (χ4n) is 0.217. The molecule has 0 saturated carbocycles. The van der Waals surface area contributed by atoms with Crippen LogP contribution in [0.1, 0.15) is 0 Å². The second-order valence-corrected chi connectivity index (χ2v) is 4.22. The van der Waals surface area contributed by atoms with E-state index in [9.17, 15) is 26.3 Å². The quantitative estimate of drug-likeness (QED) is 0.413. The molecule has 0 aliphatic rings. The van der Waals surface area contributed by atoms with Gasteiger partial charge in [0.25, 0.3) is 0 Å². The van der Waals surface area contributed by atoms with Gasteiger partial charge in [0.15, 0.2) is 0 Å². The van der Waals surface area contributed by atoms with Crippen LogP contribution in [0.4, 0.5) is 26.3 Å². The number of alkyl halides is 6. The first-order valence-corrected chi connectivity index (χ1v) is 5.07. The lowest BCUT2D eigenvalue weighted by atomic mass is 10.8. The van der Waals surface area contributed by atoms with Gasteiger partial charge in [0.05, 0.1) is 11.5 Å². The van der Waals surface area contributed by atoms with Crippen molar-refractivity contribution < 1.29 is 26.3 Å². The Balaban J connectivity index is 3.35. The third-order valence-electron chi connectivity index (χ3n) is 0.529. The molecule has 0 unspecified atom stereocenters. The monoisotopic (exact) mass is 230 g/mol. The molecule has 0 spiro atoms. The molecule has 0 aromatic heterocycles. The van der Waals surface area contributed by atoms with Crippen molar-refractivity contribution in [3.63, 3.8) is 0 Å². The van der Waals surface area contributed by atoms with E-state index in [1.54, 1.807) is 0 Å². The second-order valence-electron chi connectivity index (χ2n) is 1.75. The summed E-state index contributed by atoms with van der Waals surface area (Å²) in [7, 11) is 0.317. The Morgan fingerprint density at radius 2 is 0.917 bits per heavy atom. The zero-order chi connectivity index (χ0) is 9.83. The minimum atomic E-state index is -4.40. The highest BCUT2D eigenvalue weighted by molar-refractivity contribution is 8.76. The van der Waals surface area contributed by atoms with Gasteiger partial charge in [-0.15, -0.1) is 0 Å². The maximum Gasteiger partial charge on any atom is 0.398 e. The van der Waals surface area contributed by atoms with Crippen LogP contribution in [0.3, 0.4) is 0 Å². The van der Waals surface area contributed by atoms with Crippen molar-refractivity contribution in [1.82, 2.24) is 0 Å². The van der Waals surface area contributed by atoms with Gasteiger partial charge >= 0.3 is 12.4 Å². The molecule has 0 aliphatic carbocycles. The van der Waals surface area contributed by atoms with E-state index >= 15 is 0 Å². The summed E-state index contributed by atoms with van der Waals surface area (Å²) in [5.74, 6) is -2.51. The summed E-state index contributed by atoms with van der Waals surface area (Å²) in [4.78, 5) is 0. The summed E-state index contributed by atoms with van der Waals surface area (Å²) in [6.45, 7) is 0. The molecule has 0 fully saturated rings. The molecular weight excluding hydrogens is 226 g/mol. The van der Waals surface area contributed by atoms with E-state index in [0.29, 0.717) is 0 Å². The van der Waals surface area contributed by atoms with E-state index in [1.807, 2.05) is 0 Å². The highest BCUT2D eigenvalue weighted by Gasteiger charge is 2.30. The smallest absolute Gasteiger partial charge is 0.170 e. The van der Waals surface area contributed by atoms with Gasteiger partial charge in [0.1, 0.15) is 0 Å². The van der Waals surface area contributed by atoms with Gasteiger partial charge < -0.3 is 0 Å². The average Bonchev–Trinajstić information content (AvgIpc) is 1.76. The van der Waals surface area contributed by atoms with E-state index in [2.05, 4.69) is 0 Å². The third-order valence-corrected chi connectivity index (χ3v) is 2.79. The van der Waals surface area contributed by atoms with Gasteiger partial charge in [-0.05, 0) is 0 Å². The maximum atomic E-state index is 11.4. The molecular formula is C4H4F6S2. The van der Waals surface area contributed by atoms with Crippen LogP contribution < -0.4 is 0 Å². The van der Waals surface area contributed by atoms with Crippen LogP contribution in [-0.4, -0.2) is 23.9 Å². The van der Waals surface area contributed by atoms with Crippen molar-refractivity contribution in [3.8, 4) is 0 Å². The van der Waals surface area contributed by atoms with Crippen molar-refractivity contribution in [1.29, 1.82) is 0 Å². The Labute approximate surface area is 72.5 Å². The predicted octanol–water partition coefficient (Wildman–Crippen LogP) is 3.49. The maximum absolute atomic E-state index is 11.4. The lowest BCUT2D eigenvalue weighted by Crippen LogP contribution is -2.12. The van der Waals surface area contributed by atoms with E-state index in [-0.39, 0.29) is 21.6 Å². The molecule has 0 atom stereocenters. The van der Waals surface area contributed by atoms with Crippen molar-refractivity contribution >= 4 is 21.6 Å². The highest BCUT2D eigenvalue weighted by atomic mass is 33.1. The summed E-state index contributed by atoms with van der Waals surface area (Å²) in [5.41, 5.74) is 0. The summed E-state index contributed by atoms with van der Waals surface area (Å²) in [5, 5.41) is 0. The summed E-state index contributed by atoms with van der Waals surface area (Å²) in [6, 6.07) is 0. The first kappa shape index (κ1) is 12.3. The molecule has 0 heterocycles. The topological polar surface area (TPSA) is 0 Å². The molecule has 0 radical (unpaired) electrons. The van der Waals surface area contributed by atoms with Crippen molar-refractivity contribution in [2.75, 3.05) is 11.5 Å². The Hall–Kier alpha value is 0.280. The minimum absolute atomic E-state index is 0.159. The van der Waals surface area contributed by atoms with Gasteiger partial charge in [-0.2, -0.15) is 26.3 Å². The minimum Gasteiger partial charge on any atom is -0.170 e. The van der Waals surface area contributed by atoms with Gasteiger partial charge in [-0.3, -0.25) is 0 Å². The molecule has 0 N–H and O–H groups in total. The number of rotatable bonds is 3. The largest absolute Gasteiger partial charge is 0.398 e. The first-order valence-electron chi connectivity index (χ1n) is 2.59. The van der Waals surface area contributed by atoms with Crippen LogP contribution in [0, 0.1) is 0 Å². The third kappa shape index (κ3) is 10.3. The van der Waals surface area contributed by atoms with Crippen LogP contribution >= 0.6 is 21.6 Å². The normalized spacial score (nSPS) is 13.5. The SMILES string of the molecule is FC(F)(F)CSSCC(F)(F)F. The molecule has 0 aliphatic heterocycles. The van der Waals surface area contributed by atoms with Crippen molar-refractivity contribution in [2.24, 2.45) is 0 Å². The number of hydrogen-bond acceptors (Lipinski definition) is 2. The molecule has 8 heteroatoms. The van der Waals surface area contributed by atoms with Crippen LogP contribution in [-0.2, 0) is 0 Å². The summed E-state index contributed by atoms with van der Waals surface area (Å²) in [6.07, 6.45) is -8.80. The standard InChI is InChI=1S/C4H4F6S2/c5-3(6,7)1-11-12-2-4(8,9)10/h1-2H2. The molecule has 0 nitrogen and oxygen atoms in total. The molecule has 0 saturated heterocycles. The zero-order valence-corrected chi connectivity index (χ0v) is 7.13. The lowest BCUT2D eigenvalue weighted by Gasteiger charge is -2.06. The fraction of sp³-hybridized carbons (Fsp3) is 1.00. The van der Waals surface area contributed by atoms with Gasteiger partial charge in [0, 0.05) is 0 Å². The number of hydrogen-bond donors (Lipinski definition) is 0.